The van der Waals surface area contributed by atoms with E-state index in [0.717, 1.165) is 32.7 Å². The van der Waals surface area contributed by atoms with Gasteiger partial charge in [0.15, 0.2) is 0 Å². The molecule has 0 heterocycles. The largest absolute Gasteiger partial charge is 0.385 e. The highest BCUT2D eigenvalue weighted by Crippen LogP contribution is 2.15. The fraction of sp³-hybridized carbons (Fsp3) is 0.571. The summed E-state index contributed by atoms with van der Waals surface area (Å²) in [6.45, 7) is 8.04. The van der Waals surface area contributed by atoms with Crippen molar-refractivity contribution >= 4 is 5.69 Å². The molecule has 0 aliphatic heterocycles. The van der Waals surface area contributed by atoms with E-state index < -0.39 is 0 Å². The molecule has 0 bridgehead atoms. The van der Waals surface area contributed by atoms with E-state index in [2.05, 4.69) is 42.7 Å². The van der Waals surface area contributed by atoms with E-state index in [1.54, 1.807) is 7.11 Å². The maximum absolute atomic E-state index is 4.99. The van der Waals surface area contributed by atoms with Gasteiger partial charge in [0, 0.05) is 32.5 Å². The zero-order valence-corrected chi connectivity index (χ0v) is 11.2. The van der Waals surface area contributed by atoms with Gasteiger partial charge in [0.1, 0.15) is 0 Å². The van der Waals surface area contributed by atoms with Crippen LogP contribution >= 0.6 is 0 Å². The van der Waals surface area contributed by atoms with Gasteiger partial charge in [0.25, 0.3) is 0 Å². The third-order valence-electron chi connectivity index (χ3n) is 2.71. The number of anilines is 1. The van der Waals surface area contributed by atoms with Crippen molar-refractivity contribution in [2.75, 3.05) is 38.7 Å². The molecule has 3 heteroatoms. The Kier molecular flexibility index (Phi) is 6.67. The highest BCUT2D eigenvalue weighted by Gasteiger charge is 1.97. The van der Waals surface area contributed by atoms with Gasteiger partial charge >= 0.3 is 0 Å². The molecule has 0 radical (unpaired) electrons. The normalized spacial score (nSPS) is 10.5. The number of aryl methyl sites for hydroxylation is 2. The second-order valence-electron chi connectivity index (χ2n) is 4.34. The zero-order chi connectivity index (χ0) is 12.5. The van der Waals surface area contributed by atoms with Crippen LogP contribution in [0.4, 0.5) is 5.69 Å². The van der Waals surface area contributed by atoms with Crippen molar-refractivity contribution in [2.24, 2.45) is 0 Å². The summed E-state index contributed by atoms with van der Waals surface area (Å²) in [5, 5.41) is 6.83. The van der Waals surface area contributed by atoms with Gasteiger partial charge in [-0.3, -0.25) is 0 Å². The molecule has 96 valence electrons. The first-order valence-corrected chi connectivity index (χ1v) is 6.25. The Morgan fingerprint density at radius 2 is 1.94 bits per heavy atom. The third kappa shape index (κ3) is 5.71. The minimum Gasteiger partial charge on any atom is -0.385 e. The summed E-state index contributed by atoms with van der Waals surface area (Å²) in [4.78, 5) is 0. The predicted molar refractivity (Wildman–Crippen MR) is 73.8 cm³/mol. The Bertz CT molecular complexity index is 326. The topological polar surface area (TPSA) is 33.3 Å². The molecule has 0 aromatic heterocycles. The zero-order valence-electron chi connectivity index (χ0n) is 11.2. The highest BCUT2D eigenvalue weighted by molar-refractivity contribution is 5.52. The van der Waals surface area contributed by atoms with E-state index in [9.17, 15) is 0 Å². The van der Waals surface area contributed by atoms with Crippen molar-refractivity contribution in [3.63, 3.8) is 0 Å². The summed E-state index contributed by atoms with van der Waals surface area (Å²) in [5.74, 6) is 0. The standard InChI is InChI=1S/C14H24N2O/c1-12-5-6-13(2)14(11-12)16-9-8-15-7-4-10-17-3/h5-6,11,15-16H,4,7-10H2,1-3H3. The smallest absolute Gasteiger partial charge is 0.0474 e. The second-order valence-corrected chi connectivity index (χ2v) is 4.34. The van der Waals surface area contributed by atoms with E-state index in [1.807, 2.05) is 0 Å². The molecule has 0 atom stereocenters. The molecule has 0 unspecified atom stereocenters. The van der Waals surface area contributed by atoms with Crippen molar-refractivity contribution in [2.45, 2.75) is 20.3 Å². The summed E-state index contributed by atoms with van der Waals surface area (Å²) in [5.41, 5.74) is 3.84. The maximum atomic E-state index is 4.99. The molecular formula is C14H24N2O. The number of hydrogen-bond donors (Lipinski definition) is 2. The van der Waals surface area contributed by atoms with Crippen molar-refractivity contribution in [3.05, 3.63) is 29.3 Å². The Labute approximate surface area is 105 Å². The Morgan fingerprint density at radius 3 is 2.71 bits per heavy atom. The minimum absolute atomic E-state index is 0.831. The Hall–Kier alpha value is -1.06. The van der Waals surface area contributed by atoms with E-state index in [-0.39, 0.29) is 0 Å². The fourth-order valence-corrected chi connectivity index (χ4v) is 1.68. The van der Waals surface area contributed by atoms with Gasteiger partial charge in [-0.1, -0.05) is 12.1 Å². The van der Waals surface area contributed by atoms with Crippen molar-refractivity contribution in [1.29, 1.82) is 0 Å². The summed E-state index contributed by atoms with van der Waals surface area (Å²) < 4.78 is 4.99. The molecule has 0 amide bonds. The number of rotatable bonds is 8. The lowest BCUT2D eigenvalue weighted by atomic mass is 10.1. The van der Waals surface area contributed by atoms with Gasteiger partial charge in [-0.25, -0.2) is 0 Å². The van der Waals surface area contributed by atoms with Crippen LogP contribution in [0, 0.1) is 13.8 Å². The van der Waals surface area contributed by atoms with Crippen molar-refractivity contribution in [3.8, 4) is 0 Å². The van der Waals surface area contributed by atoms with Gasteiger partial charge in [0.05, 0.1) is 0 Å². The van der Waals surface area contributed by atoms with Crippen molar-refractivity contribution < 1.29 is 4.74 Å². The van der Waals surface area contributed by atoms with Gasteiger partial charge < -0.3 is 15.4 Å². The molecule has 0 saturated heterocycles. The van der Waals surface area contributed by atoms with E-state index in [1.165, 1.54) is 16.8 Å². The molecule has 0 saturated carbocycles. The summed E-state index contributed by atoms with van der Waals surface area (Å²) in [6, 6.07) is 6.49. The van der Waals surface area contributed by atoms with E-state index in [4.69, 9.17) is 4.74 Å². The van der Waals surface area contributed by atoms with Crippen LogP contribution in [0.1, 0.15) is 17.5 Å². The maximum Gasteiger partial charge on any atom is 0.0474 e. The molecule has 2 N–H and O–H groups in total. The van der Waals surface area contributed by atoms with Crippen LogP contribution in [0.2, 0.25) is 0 Å². The van der Waals surface area contributed by atoms with Gasteiger partial charge in [-0.05, 0) is 44.0 Å². The van der Waals surface area contributed by atoms with Crippen LogP contribution < -0.4 is 10.6 Å². The molecule has 1 aromatic carbocycles. The van der Waals surface area contributed by atoms with E-state index >= 15 is 0 Å². The molecule has 1 aromatic rings. The number of ether oxygens (including phenoxy) is 1. The SMILES string of the molecule is COCCCNCCNc1cc(C)ccc1C. The number of hydrogen-bond acceptors (Lipinski definition) is 3. The first-order chi connectivity index (χ1) is 8.24. The van der Waals surface area contributed by atoms with Crippen LogP contribution in [0.25, 0.3) is 0 Å². The lowest BCUT2D eigenvalue weighted by molar-refractivity contribution is 0.194. The lowest BCUT2D eigenvalue weighted by Crippen LogP contribution is -2.24. The molecule has 0 aliphatic carbocycles. The average molecular weight is 236 g/mol. The molecule has 0 fully saturated rings. The monoisotopic (exact) mass is 236 g/mol. The van der Waals surface area contributed by atoms with Gasteiger partial charge in [-0.15, -0.1) is 0 Å². The molecule has 1 rings (SSSR count). The van der Waals surface area contributed by atoms with Crippen LogP contribution in [-0.2, 0) is 4.74 Å². The predicted octanol–water partition coefficient (Wildman–Crippen LogP) is 2.34. The van der Waals surface area contributed by atoms with Gasteiger partial charge in [0.2, 0.25) is 0 Å². The number of methoxy groups -OCH3 is 1. The molecule has 0 aliphatic rings. The highest BCUT2D eigenvalue weighted by atomic mass is 16.5. The van der Waals surface area contributed by atoms with Crippen LogP contribution in [0.15, 0.2) is 18.2 Å². The minimum atomic E-state index is 0.831. The number of nitrogens with one attached hydrogen (secondary N) is 2. The summed E-state index contributed by atoms with van der Waals surface area (Å²) in [6.07, 6.45) is 1.07. The molecule has 0 spiro atoms. The summed E-state index contributed by atoms with van der Waals surface area (Å²) in [7, 11) is 1.74. The Balaban J connectivity index is 2.15. The number of benzene rings is 1. The van der Waals surface area contributed by atoms with E-state index in [0.29, 0.717) is 0 Å². The molecular weight excluding hydrogens is 212 g/mol. The van der Waals surface area contributed by atoms with Crippen LogP contribution in [0.5, 0.6) is 0 Å². The first kappa shape index (κ1) is 14.0. The second kappa shape index (κ2) is 8.09. The van der Waals surface area contributed by atoms with Gasteiger partial charge in [-0.2, -0.15) is 0 Å². The fourth-order valence-electron chi connectivity index (χ4n) is 1.68. The van der Waals surface area contributed by atoms with Crippen LogP contribution in [0.3, 0.4) is 0 Å². The first-order valence-electron chi connectivity index (χ1n) is 6.25. The third-order valence-corrected chi connectivity index (χ3v) is 2.71. The lowest BCUT2D eigenvalue weighted by Gasteiger charge is -2.11. The Morgan fingerprint density at radius 1 is 1.12 bits per heavy atom. The van der Waals surface area contributed by atoms with Crippen molar-refractivity contribution in [1.82, 2.24) is 5.32 Å². The molecule has 17 heavy (non-hydrogen) atoms. The molecule has 3 nitrogen and oxygen atoms in total. The summed E-state index contributed by atoms with van der Waals surface area (Å²) >= 11 is 0. The quantitative estimate of drug-likeness (QED) is 0.680. The van der Waals surface area contributed by atoms with Crippen LogP contribution in [-0.4, -0.2) is 33.4 Å². The average Bonchev–Trinajstić information content (AvgIpc) is 2.32.